The highest BCUT2D eigenvalue weighted by molar-refractivity contribution is 5.86. The first-order chi connectivity index (χ1) is 9.77. The summed E-state index contributed by atoms with van der Waals surface area (Å²) in [5, 5.41) is 0. The highest BCUT2D eigenvalue weighted by Crippen LogP contribution is 2.08. The van der Waals surface area contributed by atoms with Gasteiger partial charge in [-0.2, -0.15) is 0 Å². The minimum absolute atomic E-state index is 0.147. The summed E-state index contributed by atoms with van der Waals surface area (Å²) < 4.78 is 25.4. The molecule has 0 spiro atoms. The van der Waals surface area contributed by atoms with Crippen molar-refractivity contribution < 1.29 is 28.2 Å². The molecule has 0 aliphatic heterocycles. The van der Waals surface area contributed by atoms with E-state index in [1.165, 1.54) is 6.07 Å². The van der Waals surface area contributed by atoms with Crippen LogP contribution >= 0.6 is 0 Å². The molecule has 20 heavy (non-hydrogen) atoms. The third kappa shape index (κ3) is 6.67. The van der Waals surface area contributed by atoms with Crippen LogP contribution in [0.3, 0.4) is 0 Å². The van der Waals surface area contributed by atoms with Crippen molar-refractivity contribution in [2.24, 2.45) is 5.73 Å². The second-order valence-corrected chi connectivity index (χ2v) is 3.82. The Balaban J connectivity index is 1.99. The van der Waals surface area contributed by atoms with Crippen LogP contribution in [0.4, 0.5) is 0 Å². The van der Waals surface area contributed by atoms with E-state index in [1.54, 1.807) is 13.2 Å². The number of methoxy groups -OCH3 is 1. The van der Waals surface area contributed by atoms with Gasteiger partial charge in [0.15, 0.2) is 0 Å². The lowest BCUT2D eigenvalue weighted by Crippen LogP contribution is -2.13. The average molecular weight is 287 g/mol. The highest BCUT2D eigenvalue weighted by Gasteiger charge is 2.11. The largest absolute Gasteiger partial charge is 0.457 e. The number of furan rings is 1. The molecule has 0 aromatic carbocycles. The van der Waals surface area contributed by atoms with Gasteiger partial charge in [-0.1, -0.05) is 0 Å². The second-order valence-electron chi connectivity index (χ2n) is 3.82. The minimum Gasteiger partial charge on any atom is -0.457 e. The summed E-state index contributed by atoms with van der Waals surface area (Å²) in [5.74, 6) is 0.166. The fourth-order valence-corrected chi connectivity index (χ4v) is 1.33. The maximum absolute atomic E-state index is 11.5. The molecule has 0 unspecified atom stereocenters. The summed E-state index contributed by atoms with van der Waals surface area (Å²) >= 11 is 0. The van der Waals surface area contributed by atoms with E-state index in [-0.39, 0.29) is 18.9 Å². The monoisotopic (exact) mass is 287 g/mol. The molecule has 0 radical (unpaired) electrons. The van der Waals surface area contributed by atoms with Crippen LogP contribution < -0.4 is 5.73 Å². The van der Waals surface area contributed by atoms with Gasteiger partial charge in [0, 0.05) is 7.11 Å². The van der Waals surface area contributed by atoms with Crippen molar-refractivity contribution in [3.8, 4) is 0 Å². The lowest BCUT2D eigenvalue weighted by molar-refractivity contribution is 0.00454. The first-order valence-electron chi connectivity index (χ1n) is 6.38. The smallest absolute Gasteiger partial charge is 0.374 e. The number of esters is 1. The molecule has 0 aliphatic rings. The number of carbonyl (C=O) groups excluding carboxylic acids is 1. The van der Waals surface area contributed by atoms with E-state index < -0.39 is 5.97 Å². The van der Waals surface area contributed by atoms with Crippen LogP contribution in [0.2, 0.25) is 0 Å². The first kappa shape index (κ1) is 16.6. The average Bonchev–Trinajstić information content (AvgIpc) is 2.94. The summed E-state index contributed by atoms with van der Waals surface area (Å²) in [6.07, 6.45) is 0. The van der Waals surface area contributed by atoms with Gasteiger partial charge in [0.05, 0.1) is 39.6 Å². The molecule has 7 heteroatoms. The third-order valence-electron chi connectivity index (χ3n) is 2.33. The van der Waals surface area contributed by atoms with Gasteiger partial charge in [-0.15, -0.1) is 0 Å². The van der Waals surface area contributed by atoms with Crippen LogP contribution in [0, 0.1) is 0 Å². The first-order valence-corrected chi connectivity index (χ1v) is 6.38. The maximum atomic E-state index is 11.5. The number of rotatable bonds is 11. The van der Waals surface area contributed by atoms with E-state index >= 15 is 0 Å². The normalized spacial score (nSPS) is 10.7. The van der Waals surface area contributed by atoms with Crippen molar-refractivity contribution in [2.45, 2.75) is 6.54 Å². The molecule has 2 N–H and O–H groups in total. The van der Waals surface area contributed by atoms with Crippen LogP contribution in [0.25, 0.3) is 0 Å². The standard InChI is InChI=1S/C13H21NO6/c1-16-4-5-17-6-7-18-8-9-19-13(15)12-3-2-11(10-14)20-12/h2-3H,4-10,14H2,1H3. The van der Waals surface area contributed by atoms with E-state index in [2.05, 4.69) is 0 Å². The Bertz CT molecular complexity index is 379. The van der Waals surface area contributed by atoms with Gasteiger partial charge in [0.25, 0.3) is 0 Å². The van der Waals surface area contributed by atoms with Gasteiger partial charge in [0.1, 0.15) is 12.4 Å². The van der Waals surface area contributed by atoms with Gasteiger partial charge in [-0.3, -0.25) is 0 Å². The third-order valence-corrected chi connectivity index (χ3v) is 2.33. The predicted octanol–water partition coefficient (Wildman–Crippen LogP) is 0.575. The van der Waals surface area contributed by atoms with Crippen molar-refractivity contribution in [2.75, 3.05) is 46.8 Å². The van der Waals surface area contributed by atoms with Crippen molar-refractivity contribution in [1.29, 1.82) is 0 Å². The Labute approximate surface area is 117 Å². The summed E-state index contributed by atoms with van der Waals surface area (Å²) in [6.45, 7) is 2.75. The molecule has 0 aliphatic carbocycles. The second kappa shape index (κ2) is 10.4. The van der Waals surface area contributed by atoms with Crippen LogP contribution in [0.5, 0.6) is 0 Å². The topological polar surface area (TPSA) is 93.2 Å². The van der Waals surface area contributed by atoms with Gasteiger partial charge in [0.2, 0.25) is 5.76 Å². The lowest BCUT2D eigenvalue weighted by Gasteiger charge is -2.06. The molecule has 0 amide bonds. The fraction of sp³-hybridized carbons (Fsp3) is 0.615. The Hall–Kier alpha value is -1.41. The zero-order valence-electron chi connectivity index (χ0n) is 11.6. The summed E-state index contributed by atoms with van der Waals surface area (Å²) in [7, 11) is 1.61. The number of nitrogens with two attached hydrogens (primary N) is 1. The Morgan fingerprint density at radius 1 is 1.10 bits per heavy atom. The molecule has 1 heterocycles. The number of hydrogen-bond donors (Lipinski definition) is 1. The zero-order chi connectivity index (χ0) is 14.6. The molecular formula is C13H21NO6. The van der Waals surface area contributed by atoms with E-state index in [4.69, 9.17) is 29.1 Å². The van der Waals surface area contributed by atoms with Gasteiger partial charge < -0.3 is 29.1 Å². The van der Waals surface area contributed by atoms with Crippen LogP contribution in [0.15, 0.2) is 16.5 Å². The van der Waals surface area contributed by atoms with E-state index in [0.717, 1.165) is 0 Å². The summed E-state index contributed by atoms with van der Waals surface area (Å²) in [6, 6.07) is 3.18. The molecule has 7 nitrogen and oxygen atoms in total. The number of ether oxygens (including phenoxy) is 4. The summed E-state index contributed by atoms with van der Waals surface area (Å²) in [4.78, 5) is 11.5. The van der Waals surface area contributed by atoms with Crippen molar-refractivity contribution in [3.63, 3.8) is 0 Å². The zero-order valence-corrected chi connectivity index (χ0v) is 11.6. The molecule has 1 rings (SSSR count). The fourth-order valence-electron chi connectivity index (χ4n) is 1.33. The number of hydrogen-bond acceptors (Lipinski definition) is 7. The SMILES string of the molecule is COCCOCCOCCOC(=O)c1ccc(CN)o1. The van der Waals surface area contributed by atoms with Crippen molar-refractivity contribution >= 4 is 5.97 Å². The Morgan fingerprint density at radius 3 is 2.35 bits per heavy atom. The van der Waals surface area contributed by atoms with E-state index in [1.807, 2.05) is 0 Å². The minimum atomic E-state index is -0.523. The molecule has 0 fully saturated rings. The summed E-state index contributed by atoms with van der Waals surface area (Å²) in [5.41, 5.74) is 5.38. The molecular weight excluding hydrogens is 266 g/mol. The molecule has 0 atom stereocenters. The van der Waals surface area contributed by atoms with Crippen molar-refractivity contribution in [1.82, 2.24) is 0 Å². The van der Waals surface area contributed by atoms with Gasteiger partial charge in [-0.25, -0.2) is 4.79 Å². The molecule has 0 saturated heterocycles. The predicted molar refractivity (Wildman–Crippen MR) is 70.4 cm³/mol. The van der Waals surface area contributed by atoms with Crippen LogP contribution in [0.1, 0.15) is 16.3 Å². The van der Waals surface area contributed by atoms with Crippen LogP contribution in [-0.4, -0.2) is 52.7 Å². The molecule has 0 bridgehead atoms. The molecule has 0 saturated carbocycles. The molecule has 1 aromatic rings. The number of carbonyl (C=O) groups is 1. The lowest BCUT2D eigenvalue weighted by atomic mass is 10.4. The van der Waals surface area contributed by atoms with E-state index in [0.29, 0.717) is 38.8 Å². The van der Waals surface area contributed by atoms with Gasteiger partial charge >= 0.3 is 5.97 Å². The quantitative estimate of drug-likeness (QED) is 0.470. The van der Waals surface area contributed by atoms with Crippen molar-refractivity contribution in [3.05, 3.63) is 23.7 Å². The Kier molecular flexibility index (Phi) is 8.64. The highest BCUT2D eigenvalue weighted by atomic mass is 16.6. The molecule has 1 aromatic heterocycles. The van der Waals surface area contributed by atoms with Crippen LogP contribution in [-0.2, 0) is 25.5 Å². The molecule has 114 valence electrons. The van der Waals surface area contributed by atoms with Gasteiger partial charge in [-0.05, 0) is 12.1 Å². The Morgan fingerprint density at radius 2 is 1.75 bits per heavy atom. The van der Waals surface area contributed by atoms with E-state index in [9.17, 15) is 4.79 Å². The maximum Gasteiger partial charge on any atom is 0.374 e.